The van der Waals surface area contributed by atoms with Gasteiger partial charge in [0.05, 0.1) is 12.7 Å². The Morgan fingerprint density at radius 1 is 1.19 bits per heavy atom. The van der Waals surface area contributed by atoms with Crippen LogP contribution in [0.4, 0.5) is 0 Å². The SMILES string of the molecule is [N-]=[N+]=N[C@H]1C(O)[C@@H]2OC(c3ccccc3)OCC2O[C@H]1O. The Balaban J connectivity index is 1.78. The van der Waals surface area contributed by atoms with Crippen LogP contribution in [0.1, 0.15) is 11.9 Å². The quantitative estimate of drug-likeness (QED) is 0.476. The van der Waals surface area contributed by atoms with Crippen LogP contribution >= 0.6 is 0 Å². The van der Waals surface area contributed by atoms with E-state index in [4.69, 9.17) is 19.7 Å². The fraction of sp³-hybridized carbons (Fsp3) is 0.538. The Hall–Kier alpha value is -1.67. The van der Waals surface area contributed by atoms with Crippen molar-refractivity contribution in [1.29, 1.82) is 0 Å². The van der Waals surface area contributed by atoms with E-state index in [9.17, 15) is 10.2 Å². The smallest absolute Gasteiger partial charge is 0.184 e. The van der Waals surface area contributed by atoms with Crippen LogP contribution < -0.4 is 0 Å². The van der Waals surface area contributed by atoms with Gasteiger partial charge < -0.3 is 24.4 Å². The second-order valence-electron chi connectivity index (χ2n) is 4.93. The third-order valence-corrected chi connectivity index (χ3v) is 3.61. The van der Waals surface area contributed by atoms with Crippen molar-refractivity contribution < 1.29 is 24.4 Å². The molecule has 0 bridgehead atoms. The van der Waals surface area contributed by atoms with Crippen molar-refractivity contribution in [3.05, 3.63) is 46.3 Å². The van der Waals surface area contributed by atoms with Crippen LogP contribution in [0.25, 0.3) is 10.4 Å². The van der Waals surface area contributed by atoms with Crippen LogP contribution in [0.15, 0.2) is 35.4 Å². The van der Waals surface area contributed by atoms with Gasteiger partial charge in [0, 0.05) is 10.5 Å². The molecule has 2 aliphatic heterocycles. The number of fused-ring (bicyclic) bond motifs is 1. The molecule has 2 aliphatic rings. The van der Waals surface area contributed by atoms with E-state index in [0.29, 0.717) is 0 Å². The zero-order chi connectivity index (χ0) is 14.8. The monoisotopic (exact) mass is 293 g/mol. The van der Waals surface area contributed by atoms with Gasteiger partial charge in [0.25, 0.3) is 0 Å². The summed E-state index contributed by atoms with van der Waals surface area (Å²) in [6.07, 6.45) is -4.52. The van der Waals surface area contributed by atoms with Gasteiger partial charge in [-0.1, -0.05) is 35.4 Å². The molecule has 0 aromatic heterocycles. The number of hydrogen-bond donors (Lipinski definition) is 2. The first-order valence-electron chi connectivity index (χ1n) is 6.58. The zero-order valence-corrected chi connectivity index (χ0v) is 11.0. The van der Waals surface area contributed by atoms with Crippen LogP contribution in [0.2, 0.25) is 0 Å². The van der Waals surface area contributed by atoms with E-state index in [1.54, 1.807) is 0 Å². The first-order chi connectivity index (χ1) is 10.2. The van der Waals surface area contributed by atoms with Crippen molar-refractivity contribution in [2.24, 2.45) is 5.11 Å². The summed E-state index contributed by atoms with van der Waals surface area (Å²) in [6.45, 7) is 0.168. The number of rotatable bonds is 2. The van der Waals surface area contributed by atoms with Crippen molar-refractivity contribution in [2.45, 2.75) is 36.9 Å². The molecule has 6 atom stereocenters. The normalized spacial score (nSPS) is 39.1. The Kier molecular flexibility index (Phi) is 4.07. The predicted molar refractivity (Wildman–Crippen MR) is 69.8 cm³/mol. The highest BCUT2D eigenvalue weighted by Gasteiger charge is 2.48. The molecule has 0 aliphatic carbocycles. The number of nitrogens with zero attached hydrogens (tertiary/aromatic N) is 3. The Morgan fingerprint density at radius 3 is 2.67 bits per heavy atom. The van der Waals surface area contributed by atoms with E-state index in [0.717, 1.165) is 5.56 Å². The summed E-state index contributed by atoms with van der Waals surface area (Å²) in [5.41, 5.74) is 9.31. The molecule has 8 nitrogen and oxygen atoms in total. The minimum Gasteiger partial charge on any atom is -0.390 e. The van der Waals surface area contributed by atoms with E-state index in [-0.39, 0.29) is 6.61 Å². The van der Waals surface area contributed by atoms with Gasteiger partial charge >= 0.3 is 0 Å². The molecule has 112 valence electrons. The maximum atomic E-state index is 10.2. The van der Waals surface area contributed by atoms with Gasteiger partial charge in [-0.2, -0.15) is 0 Å². The van der Waals surface area contributed by atoms with E-state index in [1.165, 1.54) is 0 Å². The first-order valence-corrected chi connectivity index (χ1v) is 6.58. The maximum Gasteiger partial charge on any atom is 0.184 e. The second-order valence-corrected chi connectivity index (χ2v) is 4.93. The zero-order valence-electron chi connectivity index (χ0n) is 11.0. The molecule has 2 heterocycles. The number of aliphatic hydroxyl groups excluding tert-OH is 2. The summed E-state index contributed by atoms with van der Waals surface area (Å²) in [5, 5.41) is 23.3. The average Bonchev–Trinajstić information content (AvgIpc) is 2.52. The fourth-order valence-electron chi connectivity index (χ4n) is 2.56. The minimum atomic E-state index is -1.38. The molecule has 2 saturated heterocycles. The van der Waals surface area contributed by atoms with Crippen molar-refractivity contribution >= 4 is 0 Å². The van der Waals surface area contributed by atoms with Crippen LogP contribution in [-0.2, 0) is 14.2 Å². The fourth-order valence-corrected chi connectivity index (χ4v) is 2.56. The molecular weight excluding hydrogens is 278 g/mol. The summed E-state index contributed by atoms with van der Waals surface area (Å²) in [5.74, 6) is 0. The van der Waals surface area contributed by atoms with Gasteiger partial charge in [-0.05, 0) is 5.53 Å². The van der Waals surface area contributed by atoms with Gasteiger partial charge in [-0.25, -0.2) is 0 Å². The standard InChI is InChI=1S/C13H15N3O5/c14-16-15-9-10(17)11-8(20-12(9)18)6-19-13(21-11)7-4-2-1-3-5-7/h1-5,8-13,17-18H,6H2/t8?,9-,10?,11+,12+,13?/m0/s1. The Bertz CT molecular complexity index is 536. The molecular formula is C13H15N3O5. The lowest BCUT2D eigenvalue weighted by molar-refractivity contribution is -0.335. The minimum absolute atomic E-state index is 0.168. The van der Waals surface area contributed by atoms with Crippen molar-refractivity contribution in [3.8, 4) is 0 Å². The molecule has 3 rings (SSSR count). The van der Waals surface area contributed by atoms with Gasteiger partial charge in [-0.3, -0.25) is 0 Å². The second kappa shape index (κ2) is 5.98. The largest absolute Gasteiger partial charge is 0.390 e. The summed E-state index contributed by atoms with van der Waals surface area (Å²) >= 11 is 0. The van der Waals surface area contributed by atoms with Crippen LogP contribution in [-0.4, -0.2) is 47.5 Å². The molecule has 0 saturated carbocycles. The molecule has 0 amide bonds. The summed E-state index contributed by atoms with van der Waals surface area (Å²) < 4.78 is 16.6. The third kappa shape index (κ3) is 2.73. The highest BCUT2D eigenvalue weighted by atomic mass is 16.7. The van der Waals surface area contributed by atoms with Crippen molar-refractivity contribution in [1.82, 2.24) is 0 Å². The molecule has 1 aromatic carbocycles. The lowest BCUT2D eigenvalue weighted by Gasteiger charge is -2.45. The highest BCUT2D eigenvalue weighted by molar-refractivity contribution is 5.16. The van der Waals surface area contributed by atoms with Crippen LogP contribution in [0.5, 0.6) is 0 Å². The van der Waals surface area contributed by atoms with E-state index in [2.05, 4.69) is 10.0 Å². The van der Waals surface area contributed by atoms with Crippen LogP contribution in [0.3, 0.4) is 0 Å². The van der Waals surface area contributed by atoms with Gasteiger partial charge in [-0.15, -0.1) is 0 Å². The van der Waals surface area contributed by atoms with Gasteiger partial charge in [0.2, 0.25) is 0 Å². The Morgan fingerprint density at radius 2 is 1.95 bits per heavy atom. The van der Waals surface area contributed by atoms with E-state index >= 15 is 0 Å². The van der Waals surface area contributed by atoms with Crippen LogP contribution in [0, 0.1) is 0 Å². The molecule has 3 unspecified atom stereocenters. The summed E-state index contributed by atoms with van der Waals surface area (Å²) in [4.78, 5) is 2.61. The van der Waals surface area contributed by atoms with Gasteiger partial charge in [0.1, 0.15) is 18.2 Å². The van der Waals surface area contributed by atoms with E-state index < -0.39 is 36.9 Å². The number of aliphatic hydroxyl groups is 2. The maximum absolute atomic E-state index is 10.2. The topological polar surface area (TPSA) is 117 Å². The van der Waals surface area contributed by atoms with Gasteiger partial charge in [0.15, 0.2) is 12.6 Å². The number of ether oxygens (including phenoxy) is 3. The number of benzene rings is 1. The third-order valence-electron chi connectivity index (χ3n) is 3.61. The molecule has 1 aromatic rings. The molecule has 2 fully saturated rings. The molecule has 0 spiro atoms. The lowest BCUT2D eigenvalue weighted by Crippen LogP contribution is -2.61. The summed E-state index contributed by atoms with van der Waals surface area (Å²) in [6, 6.07) is 8.18. The predicted octanol–water partition coefficient (Wildman–Crippen LogP) is 0.858. The number of azide groups is 1. The van der Waals surface area contributed by atoms with E-state index in [1.807, 2.05) is 30.3 Å². The Labute approximate surface area is 120 Å². The van der Waals surface area contributed by atoms with Crippen molar-refractivity contribution in [2.75, 3.05) is 6.61 Å². The molecule has 8 heteroatoms. The summed E-state index contributed by atoms with van der Waals surface area (Å²) in [7, 11) is 0. The molecule has 2 N–H and O–H groups in total. The first kappa shape index (κ1) is 14.3. The molecule has 21 heavy (non-hydrogen) atoms. The lowest BCUT2D eigenvalue weighted by atomic mass is 9.96. The number of hydrogen-bond acceptors (Lipinski definition) is 6. The average molecular weight is 293 g/mol. The molecule has 0 radical (unpaired) electrons. The highest BCUT2D eigenvalue weighted by Crippen LogP contribution is 2.34. The van der Waals surface area contributed by atoms with Crippen molar-refractivity contribution in [3.63, 3.8) is 0 Å².